The standard InChI is InChI=1S/C36H24N4/c1-3-10-25(11-4-1)28-22-31(27-12-9-20-37-24-27)38-34(23-28)40-32-16-8-7-15-30(32)35-33(40)18-17-26-19-21-39(36(26)35)29-13-5-2-6-14-29/h1-24H. The number of para-hydroxylation sites is 2. The number of pyridine rings is 2. The van der Waals surface area contributed by atoms with E-state index >= 15 is 0 Å². The normalized spacial score (nSPS) is 11.5. The summed E-state index contributed by atoms with van der Waals surface area (Å²) in [5.74, 6) is 0.878. The van der Waals surface area contributed by atoms with Gasteiger partial charge in [0.05, 0.1) is 22.2 Å². The number of aromatic nitrogens is 4. The fraction of sp³-hybridized carbons (Fsp3) is 0. The van der Waals surface area contributed by atoms with Crippen LogP contribution in [0.25, 0.3) is 66.6 Å². The van der Waals surface area contributed by atoms with Gasteiger partial charge in [-0.25, -0.2) is 4.98 Å². The molecule has 0 amide bonds. The van der Waals surface area contributed by atoms with Gasteiger partial charge in [-0.05, 0) is 65.7 Å². The molecule has 188 valence electrons. The maximum absolute atomic E-state index is 5.24. The van der Waals surface area contributed by atoms with E-state index in [1.165, 1.54) is 21.7 Å². The van der Waals surface area contributed by atoms with E-state index in [2.05, 4.69) is 136 Å². The molecule has 0 unspecified atom stereocenters. The molecule has 0 aliphatic heterocycles. The summed E-state index contributed by atoms with van der Waals surface area (Å²) in [6.45, 7) is 0. The minimum absolute atomic E-state index is 0.878. The van der Waals surface area contributed by atoms with Crippen LogP contribution in [-0.4, -0.2) is 19.1 Å². The third-order valence-electron chi connectivity index (χ3n) is 7.63. The first-order valence-corrected chi connectivity index (χ1v) is 13.4. The molecule has 4 heterocycles. The first-order chi connectivity index (χ1) is 19.8. The van der Waals surface area contributed by atoms with Crippen LogP contribution in [0.2, 0.25) is 0 Å². The maximum atomic E-state index is 5.24. The Bertz CT molecular complexity index is 2080. The summed E-state index contributed by atoms with van der Waals surface area (Å²) in [5, 5.41) is 3.63. The zero-order valence-electron chi connectivity index (χ0n) is 21.6. The molecule has 4 aromatic carbocycles. The Hall–Kier alpha value is -5.48. The molecule has 0 N–H and O–H groups in total. The average molecular weight is 513 g/mol. The summed E-state index contributed by atoms with van der Waals surface area (Å²) >= 11 is 0. The van der Waals surface area contributed by atoms with Crippen LogP contribution >= 0.6 is 0 Å². The zero-order chi connectivity index (χ0) is 26.5. The van der Waals surface area contributed by atoms with Crippen LogP contribution in [0.4, 0.5) is 0 Å². The average Bonchev–Trinajstić information content (AvgIpc) is 3.61. The quantitative estimate of drug-likeness (QED) is 0.236. The number of hydrogen-bond donors (Lipinski definition) is 0. The van der Waals surface area contributed by atoms with Gasteiger partial charge in [-0.15, -0.1) is 0 Å². The van der Waals surface area contributed by atoms with Crippen molar-refractivity contribution in [2.24, 2.45) is 0 Å². The second-order valence-corrected chi connectivity index (χ2v) is 9.98. The summed E-state index contributed by atoms with van der Waals surface area (Å²) in [6, 6.07) is 44.7. The molecule has 4 aromatic heterocycles. The van der Waals surface area contributed by atoms with E-state index in [4.69, 9.17) is 4.98 Å². The first kappa shape index (κ1) is 22.5. The number of nitrogens with zero attached hydrogens (tertiary/aromatic N) is 4. The molecule has 0 spiro atoms. The number of benzene rings is 4. The van der Waals surface area contributed by atoms with Crippen LogP contribution < -0.4 is 0 Å². The van der Waals surface area contributed by atoms with Crippen molar-refractivity contribution in [2.75, 3.05) is 0 Å². The van der Waals surface area contributed by atoms with E-state index in [-0.39, 0.29) is 0 Å². The summed E-state index contributed by atoms with van der Waals surface area (Å²) in [5.41, 5.74) is 8.74. The van der Waals surface area contributed by atoms with Gasteiger partial charge in [0.2, 0.25) is 0 Å². The van der Waals surface area contributed by atoms with Gasteiger partial charge in [-0.3, -0.25) is 9.55 Å². The molecule has 4 nitrogen and oxygen atoms in total. The fourth-order valence-corrected chi connectivity index (χ4v) is 5.82. The molecule has 0 saturated carbocycles. The molecule has 0 aliphatic rings. The van der Waals surface area contributed by atoms with Gasteiger partial charge in [0.25, 0.3) is 0 Å². The van der Waals surface area contributed by atoms with Gasteiger partial charge >= 0.3 is 0 Å². The number of rotatable bonds is 4. The van der Waals surface area contributed by atoms with E-state index in [9.17, 15) is 0 Å². The maximum Gasteiger partial charge on any atom is 0.138 e. The van der Waals surface area contributed by atoms with Crippen LogP contribution in [0.1, 0.15) is 0 Å². The van der Waals surface area contributed by atoms with Gasteiger partial charge in [-0.1, -0.05) is 72.8 Å². The predicted molar refractivity (Wildman–Crippen MR) is 164 cm³/mol. The molecule has 8 rings (SSSR count). The second kappa shape index (κ2) is 9.07. The fourth-order valence-electron chi connectivity index (χ4n) is 5.82. The highest BCUT2D eigenvalue weighted by Crippen LogP contribution is 2.39. The molecule has 0 fully saturated rings. The van der Waals surface area contributed by atoms with Gasteiger partial charge in [0, 0.05) is 46.0 Å². The van der Waals surface area contributed by atoms with Crippen molar-refractivity contribution in [1.82, 2.24) is 19.1 Å². The summed E-state index contributed by atoms with van der Waals surface area (Å²) in [6.07, 6.45) is 5.84. The van der Waals surface area contributed by atoms with Gasteiger partial charge in [-0.2, -0.15) is 0 Å². The Labute approximate surface area is 231 Å². The Kier molecular flexibility index (Phi) is 5.10. The molecular formula is C36H24N4. The van der Waals surface area contributed by atoms with Gasteiger partial charge in [0.1, 0.15) is 5.82 Å². The molecule has 0 bridgehead atoms. The van der Waals surface area contributed by atoms with E-state index in [0.29, 0.717) is 0 Å². The third-order valence-corrected chi connectivity index (χ3v) is 7.63. The molecule has 0 atom stereocenters. The Morgan fingerprint density at radius 1 is 0.575 bits per heavy atom. The Morgan fingerprint density at radius 3 is 2.17 bits per heavy atom. The molecular weight excluding hydrogens is 488 g/mol. The topological polar surface area (TPSA) is 35.6 Å². The minimum atomic E-state index is 0.878. The third kappa shape index (κ3) is 3.54. The molecule has 0 radical (unpaired) electrons. The van der Waals surface area contributed by atoms with Crippen molar-refractivity contribution >= 4 is 32.7 Å². The zero-order valence-corrected chi connectivity index (χ0v) is 21.6. The van der Waals surface area contributed by atoms with E-state index in [0.717, 1.165) is 44.9 Å². The van der Waals surface area contributed by atoms with Gasteiger partial charge < -0.3 is 4.57 Å². The highest BCUT2D eigenvalue weighted by Gasteiger charge is 2.19. The Morgan fingerprint density at radius 2 is 1.35 bits per heavy atom. The molecule has 40 heavy (non-hydrogen) atoms. The monoisotopic (exact) mass is 512 g/mol. The summed E-state index contributed by atoms with van der Waals surface area (Å²) in [4.78, 5) is 9.61. The first-order valence-electron chi connectivity index (χ1n) is 13.4. The van der Waals surface area contributed by atoms with E-state index in [1.54, 1.807) is 6.20 Å². The smallest absolute Gasteiger partial charge is 0.138 e. The lowest BCUT2D eigenvalue weighted by Crippen LogP contribution is -2.00. The van der Waals surface area contributed by atoms with Crippen molar-refractivity contribution in [3.63, 3.8) is 0 Å². The summed E-state index contributed by atoms with van der Waals surface area (Å²) < 4.78 is 4.60. The lowest BCUT2D eigenvalue weighted by molar-refractivity contribution is 1.08. The lowest BCUT2D eigenvalue weighted by Gasteiger charge is -2.13. The molecule has 0 saturated heterocycles. The molecule has 4 heteroatoms. The number of hydrogen-bond acceptors (Lipinski definition) is 2. The highest BCUT2D eigenvalue weighted by atomic mass is 15.1. The highest BCUT2D eigenvalue weighted by molar-refractivity contribution is 6.20. The van der Waals surface area contributed by atoms with Crippen molar-refractivity contribution in [3.8, 4) is 33.9 Å². The number of fused-ring (bicyclic) bond motifs is 5. The van der Waals surface area contributed by atoms with Crippen molar-refractivity contribution < 1.29 is 0 Å². The minimum Gasteiger partial charge on any atom is -0.316 e. The van der Waals surface area contributed by atoms with Gasteiger partial charge in [0.15, 0.2) is 0 Å². The predicted octanol–water partition coefficient (Wildman–Crippen LogP) is 8.85. The van der Waals surface area contributed by atoms with Crippen molar-refractivity contribution in [3.05, 3.63) is 146 Å². The van der Waals surface area contributed by atoms with Crippen molar-refractivity contribution in [1.29, 1.82) is 0 Å². The Balaban J connectivity index is 1.48. The second-order valence-electron chi connectivity index (χ2n) is 9.98. The van der Waals surface area contributed by atoms with Crippen LogP contribution in [0.3, 0.4) is 0 Å². The summed E-state index contributed by atoms with van der Waals surface area (Å²) in [7, 11) is 0. The van der Waals surface area contributed by atoms with Crippen molar-refractivity contribution in [2.45, 2.75) is 0 Å². The SMILES string of the molecule is c1ccc(-c2cc(-c3cccnc3)nc(-n3c4ccccc4c4c5c(ccc43)ccn5-c3ccccc3)c2)cc1. The van der Waals surface area contributed by atoms with Crippen LogP contribution in [0, 0.1) is 0 Å². The lowest BCUT2D eigenvalue weighted by atomic mass is 10.0. The molecule has 0 aliphatic carbocycles. The van der Waals surface area contributed by atoms with Crippen LogP contribution in [0.15, 0.2) is 146 Å². The van der Waals surface area contributed by atoms with Crippen LogP contribution in [0.5, 0.6) is 0 Å². The van der Waals surface area contributed by atoms with E-state index < -0.39 is 0 Å². The largest absolute Gasteiger partial charge is 0.316 e. The molecule has 8 aromatic rings. The van der Waals surface area contributed by atoms with E-state index in [1.807, 2.05) is 18.3 Å². The van der Waals surface area contributed by atoms with Crippen LogP contribution in [-0.2, 0) is 0 Å².